The Morgan fingerprint density at radius 1 is 1.18 bits per heavy atom. The molecule has 3 aromatic rings. The Balaban J connectivity index is 1.56. The highest BCUT2D eigenvalue weighted by molar-refractivity contribution is 7.18. The highest BCUT2D eigenvalue weighted by atomic mass is 32.1. The normalized spacial score (nSPS) is 21.2. The summed E-state index contributed by atoms with van der Waals surface area (Å²) >= 11 is 1.29. The molecular formula is C19H13FN4O3S. The molecule has 7 nitrogen and oxygen atoms in total. The number of carbonyl (C=O) groups is 3. The van der Waals surface area contributed by atoms with Crippen LogP contribution in [0.2, 0.25) is 0 Å². The molecule has 1 atom stereocenters. The molecule has 1 saturated heterocycles. The molecule has 2 N–H and O–H groups in total. The highest BCUT2D eigenvalue weighted by Crippen LogP contribution is 2.35. The van der Waals surface area contributed by atoms with Crippen LogP contribution in [-0.4, -0.2) is 34.3 Å². The number of urea groups is 1. The molecule has 140 valence electrons. The van der Waals surface area contributed by atoms with Crippen LogP contribution in [0.1, 0.15) is 20.9 Å². The van der Waals surface area contributed by atoms with Crippen LogP contribution in [0.25, 0.3) is 10.2 Å². The molecular weight excluding hydrogens is 383 g/mol. The van der Waals surface area contributed by atoms with Crippen molar-refractivity contribution in [2.24, 2.45) is 0 Å². The predicted octanol–water partition coefficient (Wildman–Crippen LogP) is 2.13. The smallest absolute Gasteiger partial charge is 0.322 e. The number of thiazole rings is 1. The second kappa shape index (κ2) is 5.83. The van der Waals surface area contributed by atoms with Gasteiger partial charge in [-0.2, -0.15) is 0 Å². The van der Waals surface area contributed by atoms with Gasteiger partial charge >= 0.3 is 6.03 Å². The van der Waals surface area contributed by atoms with E-state index in [2.05, 4.69) is 15.6 Å². The molecule has 28 heavy (non-hydrogen) atoms. The first-order valence-corrected chi connectivity index (χ1v) is 9.35. The largest absolute Gasteiger partial charge is 0.331 e. The van der Waals surface area contributed by atoms with E-state index in [1.807, 2.05) is 24.3 Å². The van der Waals surface area contributed by atoms with Crippen LogP contribution in [0.15, 0.2) is 42.5 Å². The zero-order valence-electron chi connectivity index (χ0n) is 14.4. The molecule has 0 aliphatic carbocycles. The molecule has 2 aliphatic heterocycles. The summed E-state index contributed by atoms with van der Waals surface area (Å²) in [6.07, 6.45) is 0. The van der Waals surface area contributed by atoms with Gasteiger partial charge in [0, 0.05) is 12.1 Å². The third kappa shape index (κ3) is 2.40. The summed E-state index contributed by atoms with van der Waals surface area (Å²) in [5, 5.41) is 5.31. The fourth-order valence-electron chi connectivity index (χ4n) is 3.62. The Morgan fingerprint density at radius 2 is 2.00 bits per heavy atom. The van der Waals surface area contributed by atoms with Gasteiger partial charge in [-0.1, -0.05) is 18.2 Å². The molecule has 2 aliphatic rings. The summed E-state index contributed by atoms with van der Waals surface area (Å²) in [6, 6.07) is 10.8. The van der Waals surface area contributed by atoms with Gasteiger partial charge in [-0.15, -0.1) is 11.3 Å². The topological polar surface area (TPSA) is 91.4 Å². The molecule has 3 heterocycles. The van der Waals surface area contributed by atoms with E-state index < -0.39 is 23.3 Å². The first-order valence-electron chi connectivity index (χ1n) is 8.54. The molecule has 0 spiro atoms. The lowest BCUT2D eigenvalue weighted by Crippen LogP contribution is -2.52. The molecule has 5 rings (SSSR count). The van der Waals surface area contributed by atoms with Crippen molar-refractivity contribution in [3.05, 3.63) is 64.4 Å². The van der Waals surface area contributed by atoms with Crippen molar-refractivity contribution in [1.82, 2.24) is 20.5 Å². The van der Waals surface area contributed by atoms with E-state index in [1.165, 1.54) is 28.4 Å². The maximum Gasteiger partial charge on any atom is 0.322 e. The van der Waals surface area contributed by atoms with Gasteiger partial charge in [-0.3, -0.25) is 14.9 Å². The van der Waals surface area contributed by atoms with E-state index in [4.69, 9.17) is 0 Å². The lowest BCUT2D eigenvalue weighted by Gasteiger charge is -2.29. The summed E-state index contributed by atoms with van der Waals surface area (Å²) in [5.74, 6) is -1.45. The number of amides is 4. The minimum Gasteiger partial charge on any atom is -0.331 e. The number of aromatic nitrogens is 1. The molecule has 4 amide bonds. The van der Waals surface area contributed by atoms with Crippen LogP contribution >= 0.6 is 11.3 Å². The van der Waals surface area contributed by atoms with E-state index in [0.717, 1.165) is 4.70 Å². The SMILES string of the molecule is O=C1NC(=O)[C@@](CN2Cc3ccc(F)cc3C2=O)(c2nc3ccccc3s2)N1. The minimum absolute atomic E-state index is 0.0977. The number of para-hydroxylation sites is 1. The number of imide groups is 1. The first kappa shape index (κ1) is 16.8. The van der Waals surface area contributed by atoms with Crippen LogP contribution in [0.5, 0.6) is 0 Å². The standard InChI is InChI=1S/C19H13FN4O3S/c20-11-6-5-10-8-24(15(25)12(10)7-11)9-19(16(26)22-18(27)23-19)17-21-13-3-1-2-4-14(13)28-17/h1-7H,8-9H2,(H2,22,23,26,27)/t19-/m0/s1. The van der Waals surface area contributed by atoms with Crippen molar-refractivity contribution in [2.75, 3.05) is 6.54 Å². The van der Waals surface area contributed by atoms with Gasteiger partial charge in [-0.05, 0) is 29.8 Å². The summed E-state index contributed by atoms with van der Waals surface area (Å²) in [7, 11) is 0. The van der Waals surface area contributed by atoms with Gasteiger partial charge in [0.05, 0.1) is 16.8 Å². The fraction of sp³-hybridized carbons (Fsp3) is 0.158. The summed E-state index contributed by atoms with van der Waals surface area (Å²) in [4.78, 5) is 43.5. The number of rotatable bonds is 3. The molecule has 0 saturated carbocycles. The van der Waals surface area contributed by atoms with Crippen molar-refractivity contribution in [1.29, 1.82) is 0 Å². The molecule has 9 heteroatoms. The van der Waals surface area contributed by atoms with Gasteiger partial charge < -0.3 is 10.2 Å². The van der Waals surface area contributed by atoms with Crippen LogP contribution < -0.4 is 10.6 Å². The van der Waals surface area contributed by atoms with Crippen LogP contribution in [0.4, 0.5) is 9.18 Å². The average Bonchev–Trinajstić information content (AvgIpc) is 3.31. The summed E-state index contributed by atoms with van der Waals surface area (Å²) < 4.78 is 14.4. The van der Waals surface area contributed by atoms with Gasteiger partial charge in [0.2, 0.25) is 0 Å². The highest BCUT2D eigenvalue weighted by Gasteiger charge is 2.52. The number of fused-ring (bicyclic) bond motifs is 2. The van der Waals surface area contributed by atoms with Crippen LogP contribution in [0.3, 0.4) is 0 Å². The second-order valence-electron chi connectivity index (χ2n) is 6.76. The number of carbonyl (C=O) groups excluding carboxylic acids is 3. The summed E-state index contributed by atoms with van der Waals surface area (Å²) in [5.41, 5.74) is 0.158. The molecule has 1 fully saturated rings. The van der Waals surface area contributed by atoms with Crippen LogP contribution in [-0.2, 0) is 16.9 Å². The van der Waals surface area contributed by atoms with E-state index in [0.29, 0.717) is 16.1 Å². The van der Waals surface area contributed by atoms with Gasteiger partial charge in [0.15, 0.2) is 5.54 Å². The minimum atomic E-state index is -1.49. The number of hydrogen-bond acceptors (Lipinski definition) is 5. The first-order chi connectivity index (χ1) is 13.5. The summed E-state index contributed by atoms with van der Waals surface area (Å²) in [6.45, 7) is 0.129. The molecule has 1 aromatic heterocycles. The number of nitrogens with zero attached hydrogens (tertiary/aromatic N) is 2. The molecule has 0 radical (unpaired) electrons. The average molecular weight is 396 g/mol. The number of halogens is 1. The van der Waals surface area contributed by atoms with Crippen molar-refractivity contribution < 1.29 is 18.8 Å². The number of benzene rings is 2. The zero-order valence-corrected chi connectivity index (χ0v) is 15.2. The number of hydrogen-bond donors (Lipinski definition) is 2. The Morgan fingerprint density at radius 3 is 2.75 bits per heavy atom. The maximum absolute atomic E-state index is 13.5. The van der Waals surface area contributed by atoms with Gasteiger partial charge in [0.1, 0.15) is 10.8 Å². The van der Waals surface area contributed by atoms with E-state index in [9.17, 15) is 18.8 Å². The lowest BCUT2D eigenvalue weighted by atomic mass is 10.00. The fourth-order valence-corrected chi connectivity index (χ4v) is 4.72. The Labute approximate surface area is 162 Å². The van der Waals surface area contributed by atoms with Gasteiger partial charge in [0.25, 0.3) is 11.8 Å². The van der Waals surface area contributed by atoms with Gasteiger partial charge in [-0.25, -0.2) is 14.2 Å². The van der Waals surface area contributed by atoms with Crippen LogP contribution in [0, 0.1) is 5.82 Å². The Hall–Kier alpha value is -3.33. The van der Waals surface area contributed by atoms with Crippen molar-refractivity contribution >= 4 is 39.4 Å². The third-order valence-corrected chi connectivity index (χ3v) is 6.18. The zero-order chi connectivity index (χ0) is 19.5. The monoisotopic (exact) mass is 396 g/mol. The third-order valence-electron chi connectivity index (χ3n) is 4.98. The van der Waals surface area contributed by atoms with E-state index in [-0.39, 0.29) is 24.6 Å². The van der Waals surface area contributed by atoms with E-state index in [1.54, 1.807) is 6.07 Å². The molecule has 0 bridgehead atoms. The number of nitrogens with one attached hydrogen (secondary N) is 2. The molecule has 2 aromatic carbocycles. The Bertz CT molecular complexity index is 1140. The lowest BCUT2D eigenvalue weighted by molar-refractivity contribution is -0.124. The van der Waals surface area contributed by atoms with E-state index >= 15 is 0 Å². The quantitative estimate of drug-likeness (QED) is 0.664. The molecule has 0 unspecified atom stereocenters. The second-order valence-corrected chi connectivity index (χ2v) is 7.79. The predicted molar refractivity (Wildman–Crippen MR) is 99.1 cm³/mol. The Kier molecular flexibility index (Phi) is 3.50. The van der Waals surface area contributed by atoms with Crippen molar-refractivity contribution in [2.45, 2.75) is 12.1 Å². The van der Waals surface area contributed by atoms with Crippen molar-refractivity contribution in [3.63, 3.8) is 0 Å². The maximum atomic E-state index is 13.5. The van der Waals surface area contributed by atoms with Crippen molar-refractivity contribution in [3.8, 4) is 0 Å².